The SMILES string of the molecule is CCC(C)C(O)CNS(=O)(=O)c1ccccc1C(F)(F)F. The number of aliphatic hydroxyl groups excluding tert-OH is 1. The van der Waals surface area contributed by atoms with Gasteiger partial charge in [0, 0.05) is 6.54 Å². The van der Waals surface area contributed by atoms with Gasteiger partial charge in [-0.1, -0.05) is 32.4 Å². The summed E-state index contributed by atoms with van der Waals surface area (Å²) in [5.74, 6) is -0.162. The minimum absolute atomic E-state index is 0.162. The van der Waals surface area contributed by atoms with Gasteiger partial charge in [0.1, 0.15) is 0 Å². The topological polar surface area (TPSA) is 66.4 Å². The Morgan fingerprint density at radius 1 is 1.29 bits per heavy atom. The molecule has 0 radical (unpaired) electrons. The van der Waals surface area contributed by atoms with E-state index in [9.17, 15) is 26.7 Å². The first-order valence-corrected chi connectivity index (χ1v) is 7.92. The Balaban J connectivity index is 3.00. The minimum atomic E-state index is -4.76. The van der Waals surface area contributed by atoms with Crippen LogP contribution in [0.15, 0.2) is 29.2 Å². The zero-order valence-corrected chi connectivity index (χ0v) is 12.5. The monoisotopic (exact) mass is 325 g/mol. The molecule has 0 saturated heterocycles. The van der Waals surface area contributed by atoms with Crippen LogP contribution in [0.25, 0.3) is 0 Å². The van der Waals surface area contributed by atoms with E-state index in [-0.39, 0.29) is 12.5 Å². The number of hydrogen-bond acceptors (Lipinski definition) is 3. The quantitative estimate of drug-likeness (QED) is 0.844. The van der Waals surface area contributed by atoms with Crippen LogP contribution >= 0.6 is 0 Å². The molecule has 1 aromatic rings. The molecule has 1 rings (SSSR count). The Bertz CT molecular complexity index is 572. The van der Waals surface area contributed by atoms with Gasteiger partial charge in [0.2, 0.25) is 10.0 Å². The van der Waals surface area contributed by atoms with Crippen molar-refractivity contribution in [2.24, 2.45) is 5.92 Å². The van der Waals surface area contributed by atoms with Gasteiger partial charge in [-0.2, -0.15) is 13.2 Å². The van der Waals surface area contributed by atoms with Crippen LogP contribution in [-0.4, -0.2) is 26.2 Å². The van der Waals surface area contributed by atoms with E-state index in [1.807, 2.05) is 11.6 Å². The van der Waals surface area contributed by atoms with Crippen molar-refractivity contribution in [3.63, 3.8) is 0 Å². The lowest BCUT2D eigenvalue weighted by Crippen LogP contribution is -2.36. The fourth-order valence-corrected chi connectivity index (χ4v) is 2.96. The molecule has 2 unspecified atom stereocenters. The number of aliphatic hydroxyl groups is 1. The third-order valence-corrected chi connectivity index (χ3v) is 4.75. The van der Waals surface area contributed by atoms with Gasteiger partial charge >= 0.3 is 6.18 Å². The smallest absolute Gasteiger partial charge is 0.391 e. The number of rotatable bonds is 6. The second-order valence-corrected chi connectivity index (χ2v) is 6.53. The van der Waals surface area contributed by atoms with E-state index in [0.717, 1.165) is 12.1 Å². The summed E-state index contributed by atoms with van der Waals surface area (Å²) in [4.78, 5) is -0.839. The summed E-state index contributed by atoms with van der Waals surface area (Å²) in [6.07, 6.45) is -5.09. The molecular formula is C13H18F3NO3S. The molecule has 2 N–H and O–H groups in total. The minimum Gasteiger partial charge on any atom is -0.391 e. The molecule has 0 aromatic heterocycles. The lowest BCUT2D eigenvalue weighted by atomic mass is 10.0. The largest absolute Gasteiger partial charge is 0.417 e. The van der Waals surface area contributed by atoms with Crippen LogP contribution in [0.3, 0.4) is 0 Å². The Labute approximate surface area is 122 Å². The van der Waals surface area contributed by atoms with Crippen molar-refractivity contribution in [3.05, 3.63) is 29.8 Å². The van der Waals surface area contributed by atoms with Crippen LogP contribution in [0.2, 0.25) is 0 Å². The van der Waals surface area contributed by atoms with Crippen molar-refractivity contribution in [1.29, 1.82) is 0 Å². The maximum Gasteiger partial charge on any atom is 0.417 e. The molecule has 0 saturated carbocycles. The van der Waals surface area contributed by atoms with Crippen molar-refractivity contribution in [3.8, 4) is 0 Å². The molecule has 0 fully saturated rings. The third-order valence-electron chi connectivity index (χ3n) is 3.27. The summed E-state index contributed by atoms with van der Waals surface area (Å²) in [6.45, 7) is 3.22. The fourth-order valence-electron chi connectivity index (χ4n) is 1.68. The lowest BCUT2D eigenvalue weighted by molar-refractivity contribution is -0.139. The molecule has 4 nitrogen and oxygen atoms in total. The zero-order chi connectivity index (χ0) is 16.3. The molecule has 0 aliphatic heterocycles. The van der Waals surface area contributed by atoms with Crippen molar-refractivity contribution in [1.82, 2.24) is 4.72 Å². The average Bonchev–Trinajstić information content (AvgIpc) is 2.43. The molecule has 0 heterocycles. The van der Waals surface area contributed by atoms with Gasteiger partial charge in [-0.05, 0) is 18.1 Å². The first-order chi connectivity index (χ1) is 9.59. The highest BCUT2D eigenvalue weighted by Gasteiger charge is 2.36. The van der Waals surface area contributed by atoms with Gasteiger partial charge < -0.3 is 5.11 Å². The van der Waals surface area contributed by atoms with Crippen LogP contribution in [0, 0.1) is 5.92 Å². The Morgan fingerprint density at radius 3 is 2.38 bits per heavy atom. The van der Waals surface area contributed by atoms with Crippen LogP contribution in [0.5, 0.6) is 0 Å². The molecule has 0 aliphatic rings. The number of nitrogens with one attached hydrogen (secondary N) is 1. The highest BCUT2D eigenvalue weighted by Crippen LogP contribution is 2.33. The van der Waals surface area contributed by atoms with Crippen molar-refractivity contribution < 1.29 is 26.7 Å². The highest BCUT2D eigenvalue weighted by atomic mass is 32.2. The van der Waals surface area contributed by atoms with E-state index < -0.39 is 32.8 Å². The third kappa shape index (κ3) is 4.69. The molecule has 0 bridgehead atoms. The summed E-state index contributed by atoms with van der Waals surface area (Å²) >= 11 is 0. The second kappa shape index (κ2) is 6.76. The van der Waals surface area contributed by atoms with Gasteiger partial charge in [-0.25, -0.2) is 13.1 Å². The average molecular weight is 325 g/mol. The molecule has 0 amide bonds. The van der Waals surface area contributed by atoms with Gasteiger partial charge in [-0.15, -0.1) is 0 Å². The zero-order valence-electron chi connectivity index (χ0n) is 11.7. The summed E-state index contributed by atoms with van der Waals surface area (Å²) in [7, 11) is -4.34. The molecule has 1 aromatic carbocycles. The predicted molar refractivity (Wildman–Crippen MR) is 72.1 cm³/mol. The standard InChI is InChI=1S/C13H18F3NO3S/c1-3-9(2)11(18)8-17-21(19,20)12-7-5-4-6-10(12)13(14,15)16/h4-7,9,11,17-18H,3,8H2,1-2H3. The van der Waals surface area contributed by atoms with E-state index in [0.29, 0.717) is 12.5 Å². The fraction of sp³-hybridized carbons (Fsp3) is 0.538. The molecule has 0 aliphatic carbocycles. The van der Waals surface area contributed by atoms with Crippen molar-refractivity contribution >= 4 is 10.0 Å². The molecule has 2 atom stereocenters. The van der Waals surface area contributed by atoms with E-state index in [2.05, 4.69) is 0 Å². The molecule has 8 heteroatoms. The van der Waals surface area contributed by atoms with Crippen molar-refractivity contribution in [2.75, 3.05) is 6.54 Å². The number of alkyl halides is 3. The molecular weight excluding hydrogens is 307 g/mol. The van der Waals surface area contributed by atoms with Crippen molar-refractivity contribution in [2.45, 2.75) is 37.4 Å². The van der Waals surface area contributed by atoms with Crippen LogP contribution in [0.1, 0.15) is 25.8 Å². The second-order valence-electron chi connectivity index (χ2n) is 4.80. The first-order valence-electron chi connectivity index (χ1n) is 6.43. The Hall–Kier alpha value is -1.12. The summed E-state index contributed by atoms with van der Waals surface area (Å²) in [6, 6.07) is 3.94. The van der Waals surface area contributed by atoms with Gasteiger partial charge in [0.15, 0.2) is 0 Å². The predicted octanol–water partition coefficient (Wildman–Crippen LogP) is 2.39. The molecule has 120 valence electrons. The first kappa shape index (κ1) is 17.9. The number of benzene rings is 1. The Morgan fingerprint density at radius 2 is 1.86 bits per heavy atom. The number of halogens is 3. The van der Waals surface area contributed by atoms with Crippen LogP contribution < -0.4 is 4.72 Å². The van der Waals surface area contributed by atoms with Gasteiger partial charge in [0.25, 0.3) is 0 Å². The summed E-state index contributed by atoms with van der Waals surface area (Å²) in [5.41, 5.74) is -1.23. The lowest BCUT2D eigenvalue weighted by Gasteiger charge is -2.19. The molecule has 0 spiro atoms. The van der Waals surface area contributed by atoms with Gasteiger partial charge in [-0.3, -0.25) is 0 Å². The number of sulfonamides is 1. The van der Waals surface area contributed by atoms with E-state index in [4.69, 9.17) is 0 Å². The number of hydrogen-bond donors (Lipinski definition) is 2. The Kier molecular flexibility index (Phi) is 5.77. The van der Waals surface area contributed by atoms with Crippen LogP contribution in [-0.2, 0) is 16.2 Å². The highest BCUT2D eigenvalue weighted by molar-refractivity contribution is 7.89. The maximum atomic E-state index is 12.8. The normalized spacial score (nSPS) is 15.7. The summed E-state index contributed by atoms with van der Waals surface area (Å²) in [5, 5.41) is 9.71. The summed E-state index contributed by atoms with van der Waals surface area (Å²) < 4.78 is 64.5. The molecule has 21 heavy (non-hydrogen) atoms. The van der Waals surface area contributed by atoms with E-state index in [1.165, 1.54) is 6.07 Å². The van der Waals surface area contributed by atoms with E-state index >= 15 is 0 Å². The van der Waals surface area contributed by atoms with E-state index in [1.54, 1.807) is 6.92 Å². The maximum absolute atomic E-state index is 12.8. The van der Waals surface area contributed by atoms with Gasteiger partial charge in [0.05, 0.1) is 16.6 Å². The van der Waals surface area contributed by atoms with Crippen LogP contribution in [0.4, 0.5) is 13.2 Å².